The summed E-state index contributed by atoms with van der Waals surface area (Å²) in [7, 11) is -3.81. The van der Waals surface area contributed by atoms with Gasteiger partial charge in [0.1, 0.15) is 4.90 Å². The number of carbonyl (C=O) groups is 1. The van der Waals surface area contributed by atoms with E-state index in [-0.39, 0.29) is 15.8 Å². The van der Waals surface area contributed by atoms with Gasteiger partial charge in [-0.25, -0.2) is 5.84 Å². The summed E-state index contributed by atoms with van der Waals surface area (Å²) in [5, 5.41) is 3.23. The summed E-state index contributed by atoms with van der Waals surface area (Å²) in [6.07, 6.45) is 0. The number of amidine groups is 1. The predicted octanol–water partition coefficient (Wildman–Crippen LogP) is 0.533. The van der Waals surface area contributed by atoms with Crippen molar-refractivity contribution in [3.05, 3.63) is 23.2 Å². The van der Waals surface area contributed by atoms with Gasteiger partial charge in [0.25, 0.3) is 10.0 Å². The van der Waals surface area contributed by atoms with Gasteiger partial charge in [-0.2, -0.15) is 8.42 Å². The number of hydrogen-bond acceptors (Lipinski definition) is 6. The number of nitrogens with zero attached hydrogens (tertiary/aromatic N) is 1. The second kappa shape index (κ2) is 5.37. The number of amides is 1. The van der Waals surface area contributed by atoms with Crippen LogP contribution in [0, 0.1) is 0 Å². The minimum absolute atomic E-state index is 0.00706. The molecule has 1 aromatic rings. The van der Waals surface area contributed by atoms with Crippen LogP contribution in [0.25, 0.3) is 0 Å². The van der Waals surface area contributed by atoms with Crippen LogP contribution in [0.2, 0.25) is 5.02 Å². The molecule has 0 spiro atoms. The number of anilines is 1. The van der Waals surface area contributed by atoms with Gasteiger partial charge in [-0.3, -0.25) is 10.2 Å². The fraction of sp³-hybridized carbons (Fsp3) is 0.111. The minimum atomic E-state index is -3.81. The highest BCUT2D eigenvalue weighted by atomic mass is 35.5. The molecular formula is C9H9ClN4O3S2. The van der Waals surface area contributed by atoms with Gasteiger partial charge in [0.05, 0.1) is 11.4 Å². The molecular weight excluding hydrogens is 312 g/mol. The first-order chi connectivity index (χ1) is 8.92. The van der Waals surface area contributed by atoms with Crippen LogP contribution in [-0.4, -0.2) is 25.2 Å². The Morgan fingerprint density at radius 1 is 1.53 bits per heavy atom. The molecule has 1 aromatic carbocycles. The number of nitrogens with two attached hydrogens (primary N) is 1. The smallest absolute Gasteiger partial charge is 0.286 e. The molecule has 1 heterocycles. The fourth-order valence-corrected chi connectivity index (χ4v) is 3.66. The normalized spacial score (nSPS) is 16.0. The van der Waals surface area contributed by atoms with Gasteiger partial charge in [-0.1, -0.05) is 23.4 Å². The lowest BCUT2D eigenvalue weighted by atomic mass is 10.3. The van der Waals surface area contributed by atoms with Crippen LogP contribution in [0.3, 0.4) is 0 Å². The van der Waals surface area contributed by atoms with Gasteiger partial charge < -0.3 is 5.32 Å². The predicted molar refractivity (Wildman–Crippen MR) is 74.5 cm³/mol. The molecule has 0 unspecified atom stereocenters. The third kappa shape index (κ3) is 3.18. The highest BCUT2D eigenvalue weighted by molar-refractivity contribution is 8.15. The first kappa shape index (κ1) is 14.1. The van der Waals surface area contributed by atoms with E-state index in [0.29, 0.717) is 10.7 Å². The van der Waals surface area contributed by atoms with Crippen molar-refractivity contribution in [2.45, 2.75) is 4.90 Å². The van der Waals surface area contributed by atoms with E-state index in [1.807, 2.05) is 5.43 Å². The van der Waals surface area contributed by atoms with Crippen molar-refractivity contribution >= 4 is 50.1 Å². The highest BCUT2D eigenvalue weighted by Gasteiger charge is 2.25. The maximum atomic E-state index is 11.9. The number of fused-ring (bicyclic) bond motifs is 1. The number of thioether (sulfide) groups is 1. The average molecular weight is 321 g/mol. The second-order valence-electron chi connectivity index (χ2n) is 3.49. The van der Waals surface area contributed by atoms with Gasteiger partial charge in [-0.15, -0.1) is 4.40 Å². The Balaban J connectivity index is 2.27. The number of rotatable bonds is 2. The number of nitrogens with one attached hydrogen (secondary N) is 2. The Labute approximate surface area is 118 Å². The first-order valence-electron chi connectivity index (χ1n) is 4.96. The van der Waals surface area contributed by atoms with Gasteiger partial charge in [0.15, 0.2) is 5.17 Å². The molecule has 0 bridgehead atoms. The summed E-state index contributed by atoms with van der Waals surface area (Å²) < 4.78 is 27.4. The summed E-state index contributed by atoms with van der Waals surface area (Å²) in [4.78, 5) is 11.0. The van der Waals surface area contributed by atoms with Crippen LogP contribution in [0.15, 0.2) is 27.5 Å². The standard InChI is InChI=1S/C9H9ClN4O3S2/c10-5-1-2-6-7(3-5)19(16,17)14-9(12-6)18-4-8(15)13-11/h1-3H,4,11H2,(H,12,14)(H,13,15). The van der Waals surface area contributed by atoms with E-state index in [1.54, 1.807) is 6.07 Å². The molecule has 0 atom stereocenters. The van der Waals surface area contributed by atoms with Crippen LogP contribution < -0.4 is 16.6 Å². The van der Waals surface area contributed by atoms with Crippen LogP contribution >= 0.6 is 23.4 Å². The molecule has 1 amide bonds. The molecule has 0 radical (unpaired) electrons. The maximum Gasteiger partial charge on any atom is 0.286 e. The summed E-state index contributed by atoms with van der Waals surface area (Å²) in [5.74, 6) is 4.45. The lowest BCUT2D eigenvalue weighted by Crippen LogP contribution is -2.32. The van der Waals surface area contributed by atoms with Crippen molar-refractivity contribution in [3.63, 3.8) is 0 Å². The van der Waals surface area contributed by atoms with Crippen molar-refractivity contribution in [2.75, 3.05) is 11.1 Å². The van der Waals surface area contributed by atoms with E-state index < -0.39 is 15.9 Å². The third-order valence-corrected chi connectivity index (χ3v) is 4.71. The van der Waals surface area contributed by atoms with E-state index in [4.69, 9.17) is 17.4 Å². The number of hydrazine groups is 1. The topological polar surface area (TPSA) is 114 Å². The van der Waals surface area contributed by atoms with Crippen molar-refractivity contribution in [1.29, 1.82) is 0 Å². The number of benzene rings is 1. The van der Waals surface area contributed by atoms with E-state index >= 15 is 0 Å². The SMILES string of the molecule is NNC(=O)CSC1=NS(=O)(=O)c2cc(Cl)ccc2N1. The van der Waals surface area contributed by atoms with E-state index in [1.165, 1.54) is 12.1 Å². The third-order valence-electron chi connectivity index (χ3n) is 2.17. The molecule has 1 aliphatic heterocycles. The Bertz CT molecular complexity index is 659. The zero-order valence-corrected chi connectivity index (χ0v) is 11.8. The molecule has 0 saturated carbocycles. The monoisotopic (exact) mass is 320 g/mol. The Morgan fingerprint density at radius 2 is 2.26 bits per heavy atom. The van der Waals surface area contributed by atoms with E-state index in [9.17, 15) is 13.2 Å². The molecule has 7 nitrogen and oxygen atoms in total. The summed E-state index contributed by atoms with van der Waals surface area (Å²) in [6, 6.07) is 4.41. The number of sulfonamides is 1. The van der Waals surface area contributed by atoms with Crippen molar-refractivity contribution < 1.29 is 13.2 Å². The minimum Gasteiger partial charge on any atom is -0.333 e. The molecule has 0 aromatic heterocycles. The molecule has 2 rings (SSSR count). The van der Waals surface area contributed by atoms with Crippen LogP contribution in [0.5, 0.6) is 0 Å². The van der Waals surface area contributed by atoms with Gasteiger partial charge in [0.2, 0.25) is 5.91 Å². The summed E-state index contributed by atoms with van der Waals surface area (Å²) >= 11 is 6.68. The number of halogens is 1. The van der Waals surface area contributed by atoms with Crippen LogP contribution in [-0.2, 0) is 14.8 Å². The highest BCUT2D eigenvalue weighted by Crippen LogP contribution is 2.31. The Kier molecular flexibility index (Phi) is 3.99. The zero-order valence-electron chi connectivity index (χ0n) is 9.38. The molecule has 0 saturated heterocycles. The molecule has 102 valence electrons. The van der Waals surface area contributed by atoms with Crippen molar-refractivity contribution in [1.82, 2.24) is 5.43 Å². The van der Waals surface area contributed by atoms with Gasteiger partial charge in [0, 0.05) is 5.02 Å². The quantitative estimate of drug-likeness (QED) is 0.416. The van der Waals surface area contributed by atoms with Gasteiger partial charge >= 0.3 is 0 Å². The van der Waals surface area contributed by atoms with E-state index in [2.05, 4.69) is 9.71 Å². The lowest BCUT2D eigenvalue weighted by Gasteiger charge is -2.17. The van der Waals surface area contributed by atoms with Crippen LogP contribution in [0.4, 0.5) is 5.69 Å². The van der Waals surface area contributed by atoms with Crippen molar-refractivity contribution in [3.8, 4) is 0 Å². The molecule has 19 heavy (non-hydrogen) atoms. The summed E-state index contributed by atoms with van der Waals surface area (Å²) in [5.41, 5.74) is 2.31. The fourth-order valence-electron chi connectivity index (χ4n) is 1.35. The summed E-state index contributed by atoms with van der Waals surface area (Å²) in [6.45, 7) is 0. The largest absolute Gasteiger partial charge is 0.333 e. The average Bonchev–Trinajstić information content (AvgIpc) is 2.36. The maximum absolute atomic E-state index is 11.9. The number of carbonyl (C=O) groups excluding carboxylic acids is 1. The van der Waals surface area contributed by atoms with Gasteiger partial charge in [-0.05, 0) is 18.2 Å². The Hall–Kier alpha value is -1.29. The Morgan fingerprint density at radius 3 is 2.95 bits per heavy atom. The second-order valence-corrected chi connectivity index (χ2v) is 6.47. The molecule has 1 aliphatic rings. The molecule has 10 heteroatoms. The zero-order chi connectivity index (χ0) is 14.0. The first-order valence-corrected chi connectivity index (χ1v) is 7.76. The van der Waals surface area contributed by atoms with Crippen molar-refractivity contribution in [2.24, 2.45) is 10.2 Å². The van der Waals surface area contributed by atoms with E-state index in [0.717, 1.165) is 11.8 Å². The number of hydrogen-bond donors (Lipinski definition) is 3. The molecule has 4 N–H and O–H groups in total. The lowest BCUT2D eigenvalue weighted by molar-refractivity contribution is -0.118. The molecule has 0 fully saturated rings. The molecule has 0 aliphatic carbocycles. The van der Waals surface area contributed by atoms with Crippen LogP contribution in [0.1, 0.15) is 0 Å².